The summed E-state index contributed by atoms with van der Waals surface area (Å²) in [6.45, 7) is 2.31. The third-order valence-corrected chi connectivity index (χ3v) is 7.18. The van der Waals surface area contributed by atoms with Crippen LogP contribution in [-0.2, 0) is 22.1 Å². The molecule has 2 aliphatic heterocycles. The summed E-state index contributed by atoms with van der Waals surface area (Å²) < 4.78 is 46.4. The smallest absolute Gasteiger partial charge is 0.384 e. The van der Waals surface area contributed by atoms with Gasteiger partial charge in [-0.25, -0.2) is 9.97 Å². The van der Waals surface area contributed by atoms with E-state index in [-0.39, 0.29) is 17.4 Å². The van der Waals surface area contributed by atoms with E-state index in [1.807, 2.05) is 17.0 Å². The van der Waals surface area contributed by atoms with Gasteiger partial charge in [0.15, 0.2) is 5.78 Å². The van der Waals surface area contributed by atoms with Gasteiger partial charge in [0.2, 0.25) is 5.82 Å². The van der Waals surface area contributed by atoms with Crippen molar-refractivity contribution in [3.63, 3.8) is 0 Å². The lowest BCUT2D eigenvalue weighted by atomic mass is 9.98. The highest BCUT2D eigenvalue weighted by molar-refractivity contribution is 5.87. The summed E-state index contributed by atoms with van der Waals surface area (Å²) in [6.07, 6.45) is -0.0732. The molecule has 2 fully saturated rings. The Morgan fingerprint density at radius 1 is 1.11 bits per heavy atom. The lowest BCUT2D eigenvalue weighted by Gasteiger charge is -2.33. The molecule has 2 saturated heterocycles. The number of benzene rings is 1. The number of carbonyl (C=O) groups is 1. The van der Waals surface area contributed by atoms with Crippen molar-refractivity contribution in [2.75, 3.05) is 43.2 Å². The molecule has 1 atom stereocenters. The fourth-order valence-electron chi connectivity index (χ4n) is 5.18. The number of halogens is 3. The fourth-order valence-corrected chi connectivity index (χ4v) is 5.18. The number of methoxy groups -OCH3 is 1. The summed E-state index contributed by atoms with van der Waals surface area (Å²) in [5, 5.41) is 8.92. The van der Waals surface area contributed by atoms with Crippen molar-refractivity contribution in [1.82, 2.24) is 9.97 Å². The molecular weight excluding hydrogens is 483 g/mol. The first-order chi connectivity index (χ1) is 17.8. The highest BCUT2D eigenvalue weighted by atomic mass is 19.4. The van der Waals surface area contributed by atoms with E-state index >= 15 is 0 Å². The highest BCUT2D eigenvalue weighted by Crippen LogP contribution is 2.34. The van der Waals surface area contributed by atoms with Crippen LogP contribution in [0, 0.1) is 17.2 Å². The zero-order valence-corrected chi connectivity index (χ0v) is 21.0. The first-order valence-electron chi connectivity index (χ1n) is 12.8. The number of Topliss-reactive ketones (excluding diaryl/α,β-unsaturated/α-hetero) is 1. The standard InChI is InChI=1S/C27H32F3N5O2/c1-37-18-21-11-14-34(15-12-21)24-16-25(33-26(32-24)27(28,29)30)35-13-3-5-22(35)23(36)6-2-4-19-7-9-20(17-31)10-8-19/h7-10,16,21-22H,2-6,11-15,18H2,1H3/t22-/m0/s1. The number of nitrogens with zero attached hydrogens (tertiary/aromatic N) is 5. The van der Waals surface area contributed by atoms with Gasteiger partial charge in [-0.3, -0.25) is 4.79 Å². The first-order valence-corrected chi connectivity index (χ1v) is 12.8. The van der Waals surface area contributed by atoms with Crippen molar-refractivity contribution < 1.29 is 22.7 Å². The lowest BCUT2D eigenvalue weighted by Crippen LogP contribution is -2.38. The second kappa shape index (κ2) is 11.9. The van der Waals surface area contributed by atoms with Crippen LogP contribution < -0.4 is 9.80 Å². The van der Waals surface area contributed by atoms with Crippen LogP contribution in [0.4, 0.5) is 24.8 Å². The van der Waals surface area contributed by atoms with Gasteiger partial charge in [-0.05, 0) is 62.1 Å². The number of piperidine rings is 1. The minimum absolute atomic E-state index is 0.0141. The van der Waals surface area contributed by atoms with Gasteiger partial charge in [-0.15, -0.1) is 0 Å². The second-order valence-electron chi connectivity index (χ2n) is 9.77. The summed E-state index contributed by atoms with van der Waals surface area (Å²) in [7, 11) is 1.65. The van der Waals surface area contributed by atoms with Crippen LogP contribution in [0.15, 0.2) is 30.3 Å². The van der Waals surface area contributed by atoms with Gasteiger partial charge in [0.25, 0.3) is 0 Å². The lowest BCUT2D eigenvalue weighted by molar-refractivity contribution is -0.144. The summed E-state index contributed by atoms with van der Waals surface area (Å²) in [5.41, 5.74) is 1.63. The number of ketones is 1. The molecule has 2 aromatic rings. The maximum absolute atomic E-state index is 13.7. The van der Waals surface area contributed by atoms with Crippen molar-refractivity contribution in [3.05, 3.63) is 47.3 Å². The van der Waals surface area contributed by atoms with Crippen molar-refractivity contribution >= 4 is 17.4 Å². The van der Waals surface area contributed by atoms with Crippen molar-refractivity contribution in [1.29, 1.82) is 5.26 Å². The Balaban J connectivity index is 1.46. The number of rotatable bonds is 9. The van der Waals surface area contributed by atoms with Gasteiger partial charge >= 0.3 is 6.18 Å². The topological polar surface area (TPSA) is 82.4 Å². The summed E-state index contributed by atoms with van der Waals surface area (Å²) in [5.74, 6) is -0.348. The van der Waals surface area contributed by atoms with E-state index < -0.39 is 18.0 Å². The molecule has 2 aliphatic rings. The van der Waals surface area contributed by atoms with Gasteiger partial charge < -0.3 is 14.5 Å². The molecule has 0 bridgehead atoms. The first kappa shape index (κ1) is 26.9. The Bertz CT molecular complexity index is 1110. The number of aromatic nitrogens is 2. The Hall–Kier alpha value is -3.19. The number of hydrogen-bond donors (Lipinski definition) is 0. The molecule has 1 aromatic carbocycles. The molecule has 0 spiro atoms. The Morgan fingerprint density at radius 3 is 2.46 bits per heavy atom. The Kier molecular flexibility index (Phi) is 8.64. The maximum Gasteiger partial charge on any atom is 0.451 e. The van der Waals surface area contributed by atoms with Crippen molar-refractivity contribution in [2.24, 2.45) is 5.92 Å². The monoisotopic (exact) mass is 515 g/mol. The van der Waals surface area contributed by atoms with Crippen LogP contribution in [0.3, 0.4) is 0 Å². The number of aryl methyl sites for hydroxylation is 1. The number of carbonyl (C=O) groups excluding carboxylic acids is 1. The zero-order valence-electron chi connectivity index (χ0n) is 21.0. The summed E-state index contributed by atoms with van der Waals surface area (Å²) in [6, 6.07) is 10.5. The number of alkyl halides is 3. The molecule has 0 N–H and O–H groups in total. The molecule has 10 heteroatoms. The Labute approximate surface area is 215 Å². The number of nitriles is 1. The molecule has 4 rings (SSSR count). The molecule has 0 aliphatic carbocycles. The SMILES string of the molecule is COCC1CCN(c2cc(N3CCC[C@H]3C(=O)CCCc3ccc(C#N)cc3)nc(C(F)(F)F)n2)CC1. The highest BCUT2D eigenvalue weighted by Gasteiger charge is 2.38. The molecule has 37 heavy (non-hydrogen) atoms. The fraction of sp³-hybridized carbons (Fsp3) is 0.556. The van der Waals surface area contributed by atoms with Crippen LogP contribution in [0.5, 0.6) is 0 Å². The number of hydrogen-bond acceptors (Lipinski definition) is 7. The van der Waals surface area contributed by atoms with E-state index in [0.717, 1.165) is 24.8 Å². The van der Waals surface area contributed by atoms with Gasteiger partial charge in [0.05, 0.1) is 17.7 Å². The predicted octanol–water partition coefficient (Wildman–Crippen LogP) is 4.79. The van der Waals surface area contributed by atoms with Crippen LogP contribution >= 0.6 is 0 Å². The van der Waals surface area contributed by atoms with E-state index in [9.17, 15) is 18.0 Å². The van der Waals surface area contributed by atoms with Gasteiger partial charge in [0, 0.05) is 45.8 Å². The summed E-state index contributed by atoms with van der Waals surface area (Å²) >= 11 is 0. The minimum Gasteiger partial charge on any atom is -0.384 e. The molecule has 198 valence electrons. The maximum atomic E-state index is 13.7. The molecular formula is C27H32F3N5O2. The third kappa shape index (κ3) is 6.77. The second-order valence-corrected chi connectivity index (χ2v) is 9.77. The van der Waals surface area contributed by atoms with Gasteiger partial charge in [-0.1, -0.05) is 12.1 Å². The molecule has 7 nitrogen and oxygen atoms in total. The van der Waals surface area contributed by atoms with Crippen LogP contribution in [-0.4, -0.2) is 55.1 Å². The van der Waals surface area contributed by atoms with Gasteiger partial charge in [0.1, 0.15) is 11.6 Å². The average Bonchev–Trinajstić information content (AvgIpc) is 3.39. The predicted molar refractivity (Wildman–Crippen MR) is 133 cm³/mol. The zero-order chi connectivity index (χ0) is 26.4. The normalized spacial score (nSPS) is 18.7. The van der Waals surface area contributed by atoms with E-state index in [1.54, 1.807) is 30.2 Å². The largest absolute Gasteiger partial charge is 0.451 e. The number of ether oxygens (including phenoxy) is 1. The molecule has 3 heterocycles. The minimum atomic E-state index is -4.68. The van der Waals surface area contributed by atoms with Crippen molar-refractivity contribution in [2.45, 2.75) is 57.2 Å². The van der Waals surface area contributed by atoms with Gasteiger partial charge in [-0.2, -0.15) is 18.4 Å². The third-order valence-electron chi connectivity index (χ3n) is 7.18. The van der Waals surface area contributed by atoms with Crippen LogP contribution in [0.2, 0.25) is 0 Å². The van der Waals surface area contributed by atoms with E-state index in [1.165, 1.54) is 0 Å². The quantitative estimate of drug-likeness (QED) is 0.475. The van der Waals surface area contributed by atoms with E-state index in [2.05, 4.69) is 16.0 Å². The van der Waals surface area contributed by atoms with Crippen LogP contribution in [0.25, 0.3) is 0 Å². The number of anilines is 2. The van der Waals surface area contributed by atoms with Crippen LogP contribution in [0.1, 0.15) is 55.5 Å². The summed E-state index contributed by atoms with van der Waals surface area (Å²) in [4.78, 5) is 24.4. The Morgan fingerprint density at radius 2 is 1.81 bits per heavy atom. The average molecular weight is 516 g/mol. The van der Waals surface area contributed by atoms with E-state index in [4.69, 9.17) is 10.00 Å². The van der Waals surface area contributed by atoms with Crippen molar-refractivity contribution in [3.8, 4) is 6.07 Å². The molecule has 0 radical (unpaired) electrons. The molecule has 1 aromatic heterocycles. The molecule has 0 unspecified atom stereocenters. The van der Waals surface area contributed by atoms with E-state index in [0.29, 0.717) is 63.4 Å². The molecule has 0 amide bonds. The molecule has 0 saturated carbocycles.